The Bertz CT molecular complexity index is 586. The largest absolute Gasteiger partial charge is 0.480 e. The highest BCUT2D eigenvalue weighted by Crippen LogP contribution is 2.45. The van der Waals surface area contributed by atoms with E-state index in [-0.39, 0.29) is 11.8 Å². The van der Waals surface area contributed by atoms with Crippen LogP contribution in [0.5, 0.6) is 0 Å². The lowest BCUT2D eigenvalue weighted by Crippen LogP contribution is -2.42. The van der Waals surface area contributed by atoms with Crippen molar-refractivity contribution in [1.82, 2.24) is 0 Å². The lowest BCUT2D eigenvalue weighted by molar-refractivity contribution is -0.139. The Hall–Kier alpha value is -2.28. The van der Waals surface area contributed by atoms with E-state index in [0.717, 1.165) is 12.0 Å². The van der Waals surface area contributed by atoms with E-state index in [2.05, 4.69) is 17.5 Å². The number of carboxylic acids is 1. The molecule has 0 amide bonds. The van der Waals surface area contributed by atoms with Crippen molar-refractivity contribution < 1.29 is 9.90 Å². The van der Waals surface area contributed by atoms with E-state index in [1.165, 1.54) is 0 Å². The molecule has 1 aliphatic heterocycles. The second-order valence-corrected chi connectivity index (χ2v) is 4.70. The van der Waals surface area contributed by atoms with Gasteiger partial charge in [0.1, 0.15) is 12.1 Å². The van der Waals surface area contributed by atoms with Crippen LogP contribution in [0.4, 0.5) is 5.69 Å². The van der Waals surface area contributed by atoms with Gasteiger partial charge in [0.05, 0.1) is 11.3 Å². The van der Waals surface area contributed by atoms with Crippen LogP contribution in [0.3, 0.4) is 0 Å². The molecule has 0 saturated heterocycles. The molecule has 0 spiro atoms. The maximum atomic E-state index is 11.3. The number of carbonyl (C=O) groups is 1. The van der Waals surface area contributed by atoms with Crippen molar-refractivity contribution in [2.24, 2.45) is 5.92 Å². The van der Waals surface area contributed by atoms with Crippen molar-refractivity contribution in [1.29, 1.82) is 5.26 Å². The Morgan fingerprint density at radius 1 is 1.50 bits per heavy atom. The SMILES string of the molecule is N#Cc1cccc2c1NC(C(=O)O)[C@@H]1CC=C[C@H]21. The molecule has 0 aromatic heterocycles. The smallest absolute Gasteiger partial charge is 0.326 e. The molecule has 1 unspecified atom stereocenters. The molecule has 1 aromatic rings. The summed E-state index contributed by atoms with van der Waals surface area (Å²) in [6.45, 7) is 0. The molecule has 4 nitrogen and oxygen atoms in total. The van der Waals surface area contributed by atoms with Gasteiger partial charge in [-0.1, -0.05) is 24.3 Å². The number of nitrogens with one attached hydrogen (secondary N) is 1. The van der Waals surface area contributed by atoms with Gasteiger partial charge in [0, 0.05) is 11.8 Å². The van der Waals surface area contributed by atoms with E-state index in [1.54, 1.807) is 6.07 Å². The number of nitriles is 1. The first-order valence-corrected chi connectivity index (χ1v) is 5.91. The Balaban J connectivity index is 2.15. The number of allylic oxidation sites excluding steroid dienone is 2. The molecule has 0 saturated carbocycles. The number of para-hydroxylation sites is 1. The van der Waals surface area contributed by atoms with E-state index in [4.69, 9.17) is 5.26 Å². The number of fused-ring (bicyclic) bond motifs is 3. The Morgan fingerprint density at radius 2 is 2.33 bits per heavy atom. The summed E-state index contributed by atoms with van der Waals surface area (Å²) in [5.74, 6) is -0.702. The molecule has 1 aromatic carbocycles. The highest BCUT2D eigenvalue weighted by atomic mass is 16.4. The van der Waals surface area contributed by atoms with Crippen LogP contribution in [0.2, 0.25) is 0 Å². The molecule has 0 radical (unpaired) electrons. The molecule has 18 heavy (non-hydrogen) atoms. The third-order valence-corrected chi connectivity index (χ3v) is 3.78. The zero-order valence-electron chi connectivity index (χ0n) is 9.63. The van der Waals surface area contributed by atoms with Gasteiger partial charge in [-0.3, -0.25) is 0 Å². The predicted octanol–water partition coefficient (Wildman–Crippen LogP) is 2.10. The molecule has 2 N–H and O–H groups in total. The van der Waals surface area contributed by atoms with Crippen molar-refractivity contribution in [3.05, 3.63) is 41.5 Å². The quantitative estimate of drug-likeness (QED) is 0.737. The van der Waals surface area contributed by atoms with Gasteiger partial charge < -0.3 is 10.4 Å². The molecule has 2 aliphatic rings. The second-order valence-electron chi connectivity index (χ2n) is 4.70. The van der Waals surface area contributed by atoms with Gasteiger partial charge in [-0.15, -0.1) is 0 Å². The van der Waals surface area contributed by atoms with Crippen molar-refractivity contribution in [3.8, 4) is 6.07 Å². The first kappa shape index (κ1) is 10.8. The fourth-order valence-electron chi connectivity index (χ4n) is 2.96. The number of hydrogen-bond donors (Lipinski definition) is 2. The van der Waals surface area contributed by atoms with Crippen LogP contribution >= 0.6 is 0 Å². The normalized spacial score (nSPS) is 27.8. The van der Waals surface area contributed by atoms with Gasteiger partial charge in [-0.05, 0) is 18.1 Å². The standard InChI is InChI=1S/C14H12N2O2/c15-7-8-3-1-5-10-9-4-2-6-11(9)13(14(17)18)16-12(8)10/h1-5,9,11,13,16H,6H2,(H,17,18)/t9-,11-,13?/m1/s1. The third-order valence-electron chi connectivity index (χ3n) is 3.78. The molecule has 90 valence electrons. The van der Waals surface area contributed by atoms with Crippen LogP contribution in [0.1, 0.15) is 23.5 Å². The van der Waals surface area contributed by atoms with Crippen LogP contribution in [0.25, 0.3) is 0 Å². The minimum absolute atomic E-state index is 0.0453. The molecule has 1 aliphatic carbocycles. The Labute approximate surface area is 105 Å². The third kappa shape index (κ3) is 1.41. The summed E-state index contributed by atoms with van der Waals surface area (Å²) in [5, 5.41) is 21.4. The molecule has 3 atom stereocenters. The summed E-state index contributed by atoms with van der Waals surface area (Å²) in [5.41, 5.74) is 2.23. The Morgan fingerprint density at radius 3 is 3.06 bits per heavy atom. The highest BCUT2D eigenvalue weighted by molar-refractivity contribution is 5.82. The highest BCUT2D eigenvalue weighted by Gasteiger charge is 2.41. The van der Waals surface area contributed by atoms with Crippen molar-refractivity contribution in [2.75, 3.05) is 5.32 Å². The van der Waals surface area contributed by atoms with Gasteiger partial charge in [0.25, 0.3) is 0 Å². The first-order valence-electron chi connectivity index (χ1n) is 5.91. The second kappa shape index (κ2) is 3.88. The monoisotopic (exact) mass is 240 g/mol. The van der Waals surface area contributed by atoms with Crippen molar-refractivity contribution in [3.63, 3.8) is 0 Å². The van der Waals surface area contributed by atoms with Gasteiger partial charge in [-0.2, -0.15) is 5.26 Å². The number of anilines is 1. The average molecular weight is 240 g/mol. The average Bonchev–Trinajstić information content (AvgIpc) is 2.86. The fraction of sp³-hybridized carbons (Fsp3) is 0.286. The van der Waals surface area contributed by atoms with Gasteiger partial charge in [0.2, 0.25) is 0 Å². The van der Waals surface area contributed by atoms with Crippen LogP contribution in [0, 0.1) is 17.2 Å². The van der Waals surface area contributed by atoms with Crippen molar-refractivity contribution >= 4 is 11.7 Å². The van der Waals surface area contributed by atoms with E-state index >= 15 is 0 Å². The maximum absolute atomic E-state index is 11.3. The number of carboxylic acid groups (broad SMARTS) is 1. The Kier molecular flexibility index (Phi) is 2.34. The van der Waals surface area contributed by atoms with Gasteiger partial charge in [-0.25, -0.2) is 4.79 Å². The maximum Gasteiger partial charge on any atom is 0.326 e. The van der Waals surface area contributed by atoms with Crippen LogP contribution < -0.4 is 5.32 Å². The molecular formula is C14H12N2O2. The molecule has 0 bridgehead atoms. The number of rotatable bonds is 1. The summed E-state index contributed by atoms with van der Waals surface area (Å²) in [4.78, 5) is 11.3. The molecular weight excluding hydrogens is 228 g/mol. The predicted molar refractivity (Wildman–Crippen MR) is 66.2 cm³/mol. The lowest BCUT2D eigenvalue weighted by Gasteiger charge is -2.35. The number of benzene rings is 1. The fourth-order valence-corrected chi connectivity index (χ4v) is 2.96. The summed E-state index contributed by atoms with van der Waals surface area (Å²) < 4.78 is 0. The number of aliphatic carboxylic acids is 1. The summed E-state index contributed by atoms with van der Waals surface area (Å²) in [6.07, 6.45) is 4.85. The summed E-state index contributed by atoms with van der Waals surface area (Å²) >= 11 is 0. The van der Waals surface area contributed by atoms with E-state index in [1.807, 2.05) is 18.2 Å². The minimum Gasteiger partial charge on any atom is -0.480 e. The first-order chi connectivity index (χ1) is 8.72. The number of hydrogen-bond acceptors (Lipinski definition) is 3. The van der Waals surface area contributed by atoms with Crippen LogP contribution in [0.15, 0.2) is 30.4 Å². The summed E-state index contributed by atoms with van der Waals surface area (Å²) in [6, 6.07) is 7.03. The summed E-state index contributed by atoms with van der Waals surface area (Å²) in [7, 11) is 0. The van der Waals surface area contributed by atoms with Crippen molar-refractivity contribution in [2.45, 2.75) is 18.4 Å². The van der Waals surface area contributed by atoms with E-state index in [0.29, 0.717) is 11.3 Å². The zero-order valence-corrected chi connectivity index (χ0v) is 9.63. The van der Waals surface area contributed by atoms with Crippen LogP contribution in [-0.2, 0) is 4.79 Å². The number of nitrogens with zero attached hydrogens (tertiary/aromatic N) is 1. The molecule has 4 heteroatoms. The topological polar surface area (TPSA) is 73.1 Å². The minimum atomic E-state index is -0.855. The van der Waals surface area contributed by atoms with E-state index < -0.39 is 12.0 Å². The van der Waals surface area contributed by atoms with Crippen LogP contribution in [-0.4, -0.2) is 17.1 Å². The van der Waals surface area contributed by atoms with Gasteiger partial charge in [0.15, 0.2) is 0 Å². The zero-order chi connectivity index (χ0) is 12.7. The lowest BCUT2D eigenvalue weighted by atomic mass is 9.78. The molecule has 1 heterocycles. The van der Waals surface area contributed by atoms with E-state index in [9.17, 15) is 9.90 Å². The van der Waals surface area contributed by atoms with Gasteiger partial charge >= 0.3 is 5.97 Å². The molecule has 3 rings (SSSR count). The molecule has 0 fully saturated rings.